The Kier molecular flexibility index (Phi) is 5.68. The molecule has 0 radical (unpaired) electrons. The summed E-state index contributed by atoms with van der Waals surface area (Å²) in [5.41, 5.74) is 2.05. The summed E-state index contributed by atoms with van der Waals surface area (Å²) in [6, 6.07) is 15.2. The van der Waals surface area contributed by atoms with Gasteiger partial charge in [-0.15, -0.1) is 11.3 Å². The minimum absolute atomic E-state index is 0.0966. The molecule has 3 rings (SSSR count). The standard InChI is InChI=1S/C19H17ClN2O2S/c1-24-16-4-2-3-14(9-16)11-18(23)22-19-21-12-17(25-19)10-13-5-7-15(20)8-6-13/h2-9,12H,10-11H2,1H3,(H,21,22,23). The number of amides is 1. The van der Waals surface area contributed by atoms with Crippen LogP contribution in [-0.4, -0.2) is 18.0 Å². The fraction of sp³-hybridized carbons (Fsp3) is 0.158. The summed E-state index contributed by atoms with van der Waals surface area (Å²) >= 11 is 7.37. The van der Waals surface area contributed by atoms with Crippen LogP contribution in [0.25, 0.3) is 0 Å². The predicted molar refractivity (Wildman–Crippen MR) is 102 cm³/mol. The van der Waals surface area contributed by atoms with Crippen molar-refractivity contribution in [2.24, 2.45) is 0 Å². The zero-order valence-electron chi connectivity index (χ0n) is 13.7. The molecule has 0 aliphatic heterocycles. The van der Waals surface area contributed by atoms with Gasteiger partial charge in [-0.05, 0) is 35.4 Å². The van der Waals surface area contributed by atoms with Crippen LogP contribution in [0.2, 0.25) is 5.02 Å². The van der Waals surface area contributed by atoms with Gasteiger partial charge >= 0.3 is 0 Å². The van der Waals surface area contributed by atoms with E-state index in [4.69, 9.17) is 16.3 Å². The average Bonchev–Trinajstić information content (AvgIpc) is 3.04. The monoisotopic (exact) mass is 372 g/mol. The third-order valence-corrected chi connectivity index (χ3v) is 4.76. The smallest absolute Gasteiger partial charge is 0.230 e. The molecule has 1 amide bonds. The topological polar surface area (TPSA) is 51.2 Å². The van der Waals surface area contributed by atoms with Crippen LogP contribution in [0.1, 0.15) is 16.0 Å². The first-order valence-corrected chi connectivity index (χ1v) is 8.94. The Morgan fingerprint density at radius 3 is 2.76 bits per heavy atom. The lowest BCUT2D eigenvalue weighted by Crippen LogP contribution is -2.14. The van der Waals surface area contributed by atoms with Crippen LogP contribution in [0.15, 0.2) is 54.7 Å². The van der Waals surface area contributed by atoms with Crippen molar-refractivity contribution < 1.29 is 9.53 Å². The van der Waals surface area contributed by atoms with Crippen LogP contribution in [-0.2, 0) is 17.6 Å². The number of nitrogens with one attached hydrogen (secondary N) is 1. The van der Waals surface area contributed by atoms with E-state index in [0.717, 1.165) is 33.2 Å². The second kappa shape index (κ2) is 8.14. The van der Waals surface area contributed by atoms with Crippen molar-refractivity contribution in [2.75, 3.05) is 12.4 Å². The maximum atomic E-state index is 12.2. The molecule has 0 spiro atoms. The minimum Gasteiger partial charge on any atom is -0.497 e. The molecule has 0 saturated carbocycles. The summed E-state index contributed by atoms with van der Waals surface area (Å²) in [6.07, 6.45) is 2.84. The van der Waals surface area contributed by atoms with E-state index < -0.39 is 0 Å². The van der Waals surface area contributed by atoms with Gasteiger partial charge in [-0.2, -0.15) is 0 Å². The number of carbonyl (C=O) groups is 1. The van der Waals surface area contributed by atoms with Crippen molar-refractivity contribution in [1.82, 2.24) is 4.98 Å². The lowest BCUT2D eigenvalue weighted by molar-refractivity contribution is -0.115. The number of anilines is 1. The minimum atomic E-state index is -0.0966. The molecule has 3 aromatic rings. The summed E-state index contributed by atoms with van der Waals surface area (Å²) in [5.74, 6) is 0.644. The van der Waals surface area contributed by atoms with E-state index in [9.17, 15) is 4.79 Å². The van der Waals surface area contributed by atoms with Gasteiger partial charge in [0.05, 0.1) is 13.5 Å². The van der Waals surface area contributed by atoms with Crippen molar-refractivity contribution in [3.8, 4) is 5.75 Å². The van der Waals surface area contributed by atoms with Gasteiger partial charge in [0.1, 0.15) is 5.75 Å². The summed E-state index contributed by atoms with van der Waals surface area (Å²) < 4.78 is 5.17. The molecule has 4 nitrogen and oxygen atoms in total. The first-order chi connectivity index (χ1) is 12.1. The maximum absolute atomic E-state index is 12.2. The number of benzene rings is 2. The van der Waals surface area contributed by atoms with Gasteiger partial charge in [0, 0.05) is 22.5 Å². The Labute approximate surface area is 155 Å². The van der Waals surface area contributed by atoms with E-state index in [1.807, 2.05) is 48.5 Å². The Hall–Kier alpha value is -2.37. The quantitative estimate of drug-likeness (QED) is 0.689. The lowest BCUT2D eigenvalue weighted by atomic mass is 10.1. The van der Waals surface area contributed by atoms with Crippen molar-refractivity contribution in [3.63, 3.8) is 0 Å². The number of carbonyl (C=O) groups excluding carboxylic acids is 1. The van der Waals surface area contributed by atoms with Gasteiger partial charge < -0.3 is 10.1 Å². The van der Waals surface area contributed by atoms with Crippen LogP contribution in [0, 0.1) is 0 Å². The highest BCUT2D eigenvalue weighted by Crippen LogP contribution is 2.22. The van der Waals surface area contributed by atoms with Crippen molar-refractivity contribution in [2.45, 2.75) is 12.8 Å². The molecule has 0 bridgehead atoms. The molecule has 0 unspecified atom stereocenters. The molecular weight excluding hydrogens is 356 g/mol. The molecule has 128 valence electrons. The molecule has 0 aliphatic carbocycles. The Morgan fingerprint density at radius 2 is 2.00 bits per heavy atom. The van der Waals surface area contributed by atoms with Crippen molar-refractivity contribution >= 4 is 34.0 Å². The van der Waals surface area contributed by atoms with Gasteiger partial charge in [0.2, 0.25) is 5.91 Å². The van der Waals surface area contributed by atoms with Gasteiger partial charge in [0.15, 0.2) is 5.13 Å². The highest BCUT2D eigenvalue weighted by molar-refractivity contribution is 7.15. The number of nitrogens with zero attached hydrogens (tertiary/aromatic N) is 1. The SMILES string of the molecule is COc1cccc(CC(=O)Nc2ncc(Cc3ccc(Cl)cc3)s2)c1. The van der Waals surface area contributed by atoms with Crippen LogP contribution in [0.5, 0.6) is 5.75 Å². The zero-order valence-corrected chi connectivity index (χ0v) is 15.2. The highest BCUT2D eigenvalue weighted by Gasteiger charge is 2.09. The number of rotatable bonds is 6. The molecule has 0 fully saturated rings. The fourth-order valence-corrected chi connectivity index (χ4v) is 3.37. The number of halogens is 1. The third kappa shape index (κ3) is 5.05. The van der Waals surface area contributed by atoms with Crippen LogP contribution >= 0.6 is 22.9 Å². The predicted octanol–water partition coefficient (Wildman–Crippen LogP) is 4.58. The Bertz CT molecular complexity index is 862. The van der Waals surface area contributed by atoms with Crippen molar-refractivity contribution in [3.05, 3.63) is 75.8 Å². The Morgan fingerprint density at radius 1 is 1.20 bits per heavy atom. The first kappa shape index (κ1) is 17.5. The highest BCUT2D eigenvalue weighted by atomic mass is 35.5. The van der Waals surface area contributed by atoms with E-state index in [-0.39, 0.29) is 12.3 Å². The van der Waals surface area contributed by atoms with E-state index in [2.05, 4.69) is 10.3 Å². The van der Waals surface area contributed by atoms with Gasteiger partial charge in [-0.3, -0.25) is 4.79 Å². The normalized spacial score (nSPS) is 10.5. The number of methoxy groups -OCH3 is 1. The van der Waals surface area contributed by atoms with Crippen molar-refractivity contribution in [1.29, 1.82) is 0 Å². The molecule has 1 aromatic heterocycles. The first-order valence-electron chi connectivity index (χ1n) is 7.74. The zero-order chi connectivity index (χ0) is 17.6. The average molecular weight is 373 g/mol. The number of aromatic nitrogens is 1. The van der Waals surface area contributed by atoms with Gasteiger partial charge in [0.25, 0.3) is 0 Å². The van der Waals surface area contributed by atoms with Crippen LogP contribution in [0.3, 0.4) is 0 Å². The summed E-state index contributed by atoms with van der Waals surface area (Å²) in [6.45, 7) is 0. The van der Waals surface area contributed by atoms with Crippen LogP contribution < -0.4 is 10.1 Å². The molecule has 1 N–H and O–H groups in total. The molecule has 0 saturated heterocycles. The largest absolute Gasteiger partial charge is 0.497 e. The molecule has 1 heterocycles. The maximum Gasteiger partial charge on any atom is 0.230 e. The number of thiazole rings is 1. The number of hydrogen-bond donors (Lipinski definition) is 1. The van der Waals surface area contributed by atoms with E-state index in [1.54, 1.807) is 13.3 Å². The van der Waals surface area contributed by atoms with Gasteiger partial charge in [-0.25, -0.2) is 4.98 Å². The van der Waals surface area contributed by atoms with E-state index in [1.165, 1.54) is 11.3 Å². The second-order valence-electron chi connectivity index (χ2n) is 5.51. The Balaban J connectivity index is 1.58. The molecule has 6 heteroatoms. The molecule has 25 heavy (non-hydrogen) atoms. The lowest BCUT2D eigenvalue weighted by Gasteiger charge is -2.04. The molecule has 2 aromatic carbocycles. The molecule has 0 aliphatic rings. The second-order valence-corrected chi connectivity index (χ2v) is 7.06. The number of ether oxygens (including phenoxy) is 1. The fourth-order valence-electron chi connectivity index (χ4n) is 2.38. The van der Waals surface area contributed by atoms with E-state index >= 15 is 0 Å². The summed E-state index contributed by atoms with van der Waals surface area (Å²) in [4.78, 5) is 17.6. The summed E-state index contributed by atoms with van der Waals surface area (Å²) in [7, 11) is 1.61. The number of hydrogen-bond acceptors (Lipinski definition) is 4. The van der Waals surface area contributed by atoms with E-state index in [0.29, 0.717) is 5.13 Å². The molecule has 0 atom stereocenters. The van der Waals surface area contributed by atoms with Gasteiger partial charge in [-0.1, -0.05) is 35.9 Å². The van der Waals surface area contributed by atoms with Crippen LogP contribution in [0.4, 0.5) is 5.13 Å². The third-order valence-electron chi connectivity index (χ3n) is 3.59. The summed E-state index contributed by atoms with van der Waals surface area (Å²) in [5, 5.41) is 4.18. The molecular formula is C19H17ClN2O2S.